The fraction of sp³-hybridized carbons (Fsp3) is 0.300. The van der Waals surface area contributed by atoms with E-state index in [9.17, 15) is 0 Å². The van der Waals surface area contributed by atoms with Crippen LogP contribution >= 0.6 is 11.6 Å². The van der Waals surface area contributed by atoms with Crippen LogP contribution in [0.15, 0.2) is 36.5 Å². The molecule has 8 heteroatoms. The topological polar surface area (TPSA) is 79.2 Å². The van der Waals surface area contributed by atoms with Gasteiger partial charge in [-0.25, -0.2) is 4.98 Å². The highest BCUT2D eigenvalue weighted by Crippen LogP contribution is 2.56. The van der Waals surface area contributed by atoms with Gasteiger partial charge in [-0.2, -0.15) is 4.98 Å². The minimum absolute atomic E-state index is 0.225. The summed E-state index contributed by atoms with van der Waals surface area (Å²) in [7, 11) is 4.71. The van der Waals surface area contributed by atoms with E-state index in [1.165, 1.54) is 19.8 Å². The first-order valence-electron chi connectivity index (χ1n) is 8.77. The second-order valence-corrected chi connectivity index (χ2v) is 6.84. The molecule has 28 heavy (non-hydrogen) atoms. The zero-order valence-corrected chi connectivity index (χ0v) is 16.5. The summed E-state index contributed by atoms with van der Waals surface area (Å²) >= 11 is 6.37. The fourth-order valence-corrected chi connectivity index (χ4v) is 3.58. The number of nitrogens with zero attached hydrogens (tertiary/aromatic N) is 4. The van der Waals surface area contributed by atoms with Gasteiger partial charge in [-0.1, -0.05) is 23.7 Å². The van der Waals surface area contributed by atoms with Gasteiger partial charge < -0.3 is 14.2 Å². The van der Waals surface area contributed by atoms with E-state index in [4.69, 9.17) is 25.8 Å². The number of halogens is 1. The smallest absolute Gasteiger partial charge is 0.319 e. The van der Waals surface area contributed by atoms with Gasteiger partial charge >= 0.3 is 6.01 Å². The van der Waals surface area contributed by atoms with Crippen LogP contribution in [0.25, 0.3) is 11.3 Å². The van der Waals surface area contributed by atoms with E-state index in [0.29, 0.717) is 28.2 Å². The summed E-state index contributed by atoms with van der Waals surface area (Å²) in [6.07, 6.45) is 2.60. The van der Waals surface area contributed by atoms with E-state index in [0.717, 1.165) is 17.7 Å². The van der Waals surface area contributed by atoms with Crippen LogP contribution in [0.3, 0.4) is 0 Å². The van der Waals surface area contributed by atoms with Gasteiger partial charge in [0.25, 0.3) is 0 Å². The average Bonchev–Trinajstić information content (AvgIpc) is 3.54. The number of methoxy groups -OCH3 is 3. The molecule has 2 unspecified atom stereocenters. The molecule has 0 saturated heterocycles. The van der Waals surface area contributed by atoms with Crippen LogP contribution in [0.4, 0.5) is 0 Å². The molecule has 1 fully saturated rings. The lowest BCUT2D eigenvalue weighted by molar-refractivity contribution is 0.353. The molecule has 2 aromatic heterocycles. The first-order valence-corrected chi connectivity index (χ1v) is 9.14. The maximum atomic E-state index is 6.37. The number of hydrogen-bond donors (Lipinski definition) is 0. The Morgan fingerprint density at radius 1 is 1.00 bits per heavy atom. The molecule has 7 nitrogen and oxygen atoms in total. The summed E-state index contributed by atoms with van der Waals surface area (Å²) in [4.78, 5) is 8.36. The van der Waals surface area contributed by atoms with Crippen LogP contribution in [0.2, 0.25) is 5.15 Å². The number of aromatic nitrogens is 4. The molecular formula is C20H19ClN4O3. The van der Waals surface area contributed by atoms with Crippen molar-refractivity contribution in [1.29, 1.82) is 0 Å². The highest BCUT2D eigenvalue weighted by Gasteiger charge is 2.41. The molecule has 1 saturated carbocycles. The van der Waals surface area contributed by atoms with Crippen molar-refractivity contribution in [1.82, 2.24) is 20.2 Å². The highest BCUT2D eigenvalue weighted by molar-refractivity contribution is 6.30. The third kappa shape index (κ3) is 3.45. The van der Waals surface area contributed by atoms with E-state index in [2.05, 4.69) is 32.3 Å². The van der Waals surface area contributed by atoms with E-state index >= 15 is 0 Å². The Balaban J connectivity index is 1.66. The van der Waals surface area contributed by atoms with Crippen molar-refractivity contribution in [2.24, 2.45) is 0 Å². The summed E-state index contributed by atoms with van der Waals surface area (Å²) in [5.74, 6) is 1.87. The number of rotatable bonds is 6. The molecule has 0 spiro atoms. The maximum Gasteiger partial charge on any atom is 0.319 e. The minimum Gasteiger partial charge on any atom is -0.497 e. The summed E-state index contributed by atoms with van der Waals surface area (Å²) < 4.78 is 15.7. The van der Waals surface area contributed by atoms with E-state index in [-0.39, 0.29) is 11.9 Å². The summed E-state index contributed by atoms with van der Waals surface area (Å²) in [5, 5.41) is 8.76. The first-order chi connectivity index (χ1) is 13.6. The van der Waals surface area contributed by atoms with Crippen LogP contribution in [0.1, 0.15) is 29.4 Å². The summed E-state index contributed by atoms with van der Waals surface area (Å²) in [5.41, 5.74) is 3.42. The largest absolute Gasteiger partial charge is 0.497 e. The monoisotopic (exact) mass is 398 g/mol. The third-order valence-electron chi connectivity index (χ3n) is 4.87. The van der Waals surface area contributed by atoms with Crippen molar-refractivity contribution in [3.63, 3.8) is 0 Å². The third-order valence-corrected chi connectivity index (χ3v) is 5.17. The van der Waals surface area contributed by atoms with Crippen LogP contribution in [-0.2, 0) is 0 Å². The molecule has 0 radical (unpaired) electrons. The molecule has 0 N–H and O–H groups in total. The standard InChI is InChI=1S/C20H19ClN4O3/c1-26-12-6-4-5-11(7-12)13-8-14(13)15-9-17(24-25-18(15)21)16-10-22-20(28-3)23-19(16)27-2/h4-7,9-10,13-14H,8H2,1-3H3. The Morgan fingerprint density at radius 3 is 2.61 bits per heavy atom. The lowest BCUT2D eigenvalue weighted by Gasteiger charge is -2.10. The average molecular weight is 399 g/mol. The van der Waals surface area contributed by atoms with Crippen LogP contribution in [0, 0.1) is 0 Å². The quantitative estimate of drug-likeness (QED) is 0.623. The van der Waals surface area contributed by atoms with Crippen molar-refractivity contribution in [2.45, 2.75) is 18.3 Å². The Labute approximate surface area is 167 Å². The van der Waals surface area contributed by atoms with Crippen molar-refractivity contribution < 1.29 is 14.2 Å². The predicted molar refractivity (Wildman–Crippen MR) is 104 cm³/mol. The van der Waals surface area contributed by atoms with Crippen LogP contribution in [0.5, 0.6) is 17.6 Å². The molecule has 1 aliphatic rings. The van der Waals surface area contributed by atoms with Crippen LogP contribution in [-0.4, -0.2) is 41.5 Å². The Kier molecular flexibility index (Phi) is 5.00. The van der Waals surface area contributed by atoms with Gasteiger partial charge in [0.2, 0.25) is 5.88 Å². The predicted octanol–water partition coefficient (Wildman–Crippen LogP) is 3.88. The number of hydrogen-bond acceptors (Lipinski definition) is 7. The zero-order chi connectivity index (χ0) is 19.7. The SMILES string of the molecule is COc1cccc(C2CC2c2cc(-c3cnc(OC)nc3OC)nnc2Cl)c1. The van der Waals surface area contributed by atoms with Crippen molar-refractivity contribution in [3.05, 3.63) is 52.8 Å². The number of ether oxygens (including phenoxy) is 3. The molecule has 4 rings (SSSR count). The maximum absolute atomic E-state index is 6.37. The summed E-state index contributed by atoms with van der Waals surface area (Å²) in [6.45, 7) is 0. The highest BCUT2D eigenvalue weighted by atomic mass is 35.5. The molecule has 2 atom stereocenters. The van der Waals surface area contributed by atoms with E-state index in [1.807, 2.05) is 18.2 Å². The van der Waals surface area contributed by atoms with Gasteiger partial charge in [-0.3, -0.25) is 0 Å². The molecule has 144 valence electrons. The summed E-state index contributed by atoms with van der Waals surface area (Å²) in [6, 6.07) is 10.3. The molecule has 0 amide bonds. The van der Waals surface area contributed by atoms with Gasteiger partial charge in [0.1, 0.15) is 11.4 Å². The minimum atomic E-state index is 0.225. The van der Waals surface area contributed by atoms with Crippen molar-refractivity contribution in [2.75, 3.05) is 21.3 Å². The Bertz CT molecular complexity index is 1010. The van der Waals surface area contributed by atoms with Gasteiger partial charge in [0, 0.05) is 6.20 Å². The fourth-order valence-electron chi connectivity index (χ4n) is 3.34. The van der Waals surface area contributed by atoms with Crippen LogP contribution < -0.4 is 14.2 Å². The lowest BCUT2D eigenvalue weighted by atomic mass is 10.0. The van der Waals surface area contributed by atoms with Gasteiger partial charge in [0.15, 0.2) is 5.15 Å². The molecule has 1 aromatic carbocycles. The van der Waals surface area contributed by atoms with E-state index in [1.54, 1.807) is 13.3 Å². The van der Waals surface area contributed by atoms with Crippen molar-refractivity contribution in [3.8, 4) is 28.9 Å². The Morgan fingerprint density at radius 2 is 1.86 bits per heavy atom. The van der Waals surface area contributed by atoms with E-state index < -0.39 is 0 Å². The molecule has 2 heterocycles. The van der Waals surface area contributed by atoms with Gasteiger partial charge in [0.05, 0.1) is 26.9 Å². The molecule has 1 aliphatic carbocycles. The Hall–Kier alpha value is -2.93. The molecule has 0 aliphatic heterocycles. The second kappa shape index (κ2) is 7.59. The van der Waals surface area contributed by atoms with Gasteiger partial charge in [-0.05, 0) is 47.6 Å². The van der Waals surface area contributed by atoms with Crippen molar-refractivity contribution >= 4 is 11.6 Å². The molecule has 0 bridgehead atoms. The number of benzene rings is 1. The second-order valence-electron chi connectivity index (χ2n) is 6.48. The normalized spacial score (nSPS) is 17.9. The first kappa shape index (κ1) is 18.4. The molecular weight excluding hydrogens is 380 g/mol. The molecule has 3 aromatic rings. The lowest BCUT2D eigenvalue weighted by Crippen LogP contribution is -2.00. The van der Waals surface area contributed by atoms with Gasteiger partial charge in [-0.15, -0.1) is 10.2 Å². The zero-order valence-electron chi connectivity index (χ0n) is 15.7.